The molecule has 0 bridgehead atoms. The number of rotatable bonds is 3. The molecule has 76 valence electrons. The number of halogens is 1. The zero-order valence-electron chi connectivity index (χ0n) is 8.86. The van der Waals surface area contributed by atoms with Gasteiger partial charge in [-0.3, -0.25) is 4.79 Å². The maximum absolute atomic E-state index is 11.2. The second kappa shape index (κ2) is 4.61. The summed E-state index contributed by atoms with van der Waals surface area (Å²) in [7, 11) is 0. The molecule has 0 N–H and O–H groups in total. The van der Waals surface area contributed by atoms with Crippen molar-refractivity contribution in [3.8, 4) is 0 Å². The number of aryl methyl sites for hydroxylation is 3. The van der Waals surface area contributed by atoms with Crippen molar-refractivity contribution in [2.45, 2.75) is 27.2 Å². The second-order valence-electron chi connectivity index (χ2n) is 3.73. The molecule has 0 spiro atoms. The minimum Gasteiger partial charge on any atom is -0.298 e. The number of carbonyl (C=O) groups excluding carboxylic acids is 1. The lowest BCUT2D eigenvalue weighted by atomic mass is 9.96. The monoisotopic (exact) mass is 210 g/mol. The zero-order chi connectivity index (χ0) is 10.7. The van der Waals surface area contributed by atoms with Crippen LogP contribution >= 0.6 is 11.6 Å². The standard InChI is InChI=1S/C12H15ClO/c1-8-4-9(2)12(10(3)5-8)6-11(14)7-13/h4-5H,6-7H2,1-3H3. The molecule has 1 rings (SSSR count). The predicted molar refractivity (Wildman–Crippen MR) is 60.1 cm³/mol. The van der Waals surface area contributed by atoms with Crippen molar-refractivity contribution in [3.05, 3.63) is 34.4 Å². The molecule has 0 unspecified atom stereocenters. The molecule has 0 aromatic heterocycles. The second-order valence-corrected chi connectivity index (χ2v) is 3.99. The number of hydrogen-bond donors (Lipinski definition) is 0. The van der Waals surface area contributed by atoms with Gasteiger partial charge in [0.05, 0.1) is 5.88 Å². The van der Waals surface area contributed by atoms with Crippen LogP contribution in [0.5, 0.6) is 0 Å². The smallest absolute Gasteiger partial charge is 0.151 e. The summed E-state index contributed by atoms with van der Waals surface area (Å²) in [5, 5.41) is 0. The van der Waals surface area contributed by atoms with Gasteiger partial charge in [0.1, 0.15) is 0 Å². The van der Waals surface area contributed by atoms with Gasteiger partial charge in [-0.05, 0) is 37.5 Å². The summed E-state index contributed by atoms with van der Waals surface area (Å²) < 4.78 is 0. The van der Waals surface area contributed by atoms with Crippen molar-refractivity contribution >= 4 is 17.4 Å². The normalized spacial score (nSPS) is 10.3. The number of alkyl halides is 1. The number of Topliss-reactive ketones (excluding diaryl/α,β-unsaturated/α-hetero) is 1. The van der Waals surface area contributed by atoms with Gasteiger partial charge >= 0.3 is 0 Å². The van der Waals surface area contributed by atoms with Crippen LogP contribution in [0, 0.1) is 20.8 Å². The molecule has 1 aromatic rings. The molecule has 14 heavy (non-hydrogen) atoms. The van der Waals surface area contributed by atoms with E-state index >= 15 is 0 Å². The Morgan fingerprint density at radius 2 is 1.71 bits per heavy atom. The summed E-state index contributed by atoms with van der Waals surface area (Å²) in [5.41, 5.74) is 4.73. The van der Waals surface area contributed by atoms with Crippen LogP contribution in [0.4, 0.5) is 0 Å². The van der Waals surface area contributed by atoms with E-state index in [1.807, 2.05) is 13.8 Å². The summed E-state index contributed by atoms with van der Waals surface area (Å²) in [6, 6.07) is 4.20. The lowest BCUT2D eigenvalue weighted by molar-refractivity contribution is -0.116. The molecule has 0 atom stereocenters. The van der Waals surface area contributed by atoms with E-state index in [4.69, 9.17) is 11.6 Å². The van der Waals surface area contributed by atoms with Gasteiger partial charge in [0.25, 0.3) is 0 Å². The van der Waals surface area contributed by atoms with Gasteiger partial charge in [-0.25, -0.2) is 0 Å². The summed E-state index contributed by atoms with van der Waals surface area (Å²) in [5.74, 6) is 0.189. The van der Waals surface area contributed by atoms with Crippen molar-refractivity contribution in [1.82, 2.24) is 0 Å². The number of benzene rings is 1. The fourth-order valence-corrected chi connectivity index (χ4v) is 1.83. The highest BCUT2D eigenvalue weighted by Gasteiger charge is 2.08. The summed E-state index contributed by atoms with van der Waals surface area (Å²) in [6.07, 6.45) is 0.460. The van der Waals surface area contributed by atoms with E-state index in [-0.39, 0.29) is 11.7 Å². The maximum atomic E-state index is 11.2. The minimum atomic E-state index is 0.0849. The van der Waals surface area contributed by atoms with Crippen LogP contribution < -0.4 is 0 Å². The fourth-order valence-electron chi connectivity index (χ4n) is 1.73. The van der Waals surface area contributed by atoms with Crippen LogP contribution in [-0.4, -0.2) is 11.7 Å². The molecular formula is C12H15ClO. The largest absolute Gasteiger partial charge is 0.298 e. The van der Waals surface area contributed by atoms with Crippen molar-refractivity contribution in [2.75, 3.05) is 5.88 Å². The first-order valence-electron chi connectivity index (χ1n) is 4.69. The first kappa shape index (κ1) is 11.3. The lowest BCUT2D eigenvalue weighted by Crippen LogP contribution is -2.07. The Kier molecular flexibility index (Phi) is 3.70. The molecule has 1 aromatic carbocycles. The van der Waals surface area contributed by atoms with Gasteiger partial charge in [-0.2, -0.15) is 0 Å². The Bertz CT molecular complexity index is 332. The van der Waals surface area contributed by atoms with Gasteiger partial charge in [0.2, 0.25) is 0 Å². The summed E-state index contributed by atoms with van der Waals surface area (Å²) in [4.78, 5) is 11.2. The van der Waals surface area contributed by atoms with E-state index < -0.39 is 0 Å². The molecule has 0 aliphatic heterocycles. The number of hydrogen-bond acceptors (Lipinski definition) is 1. The Hall–Kier alpha value is -0.820. The van der Waals surface area contributed by atoms with Gasteiger partial charge in [-0.1, -0.05) is 17.7 Å². The quantitative estimate of drug-likeness (QED) is 0.702. The van der Waals surface area contributed by atoms with E-state index in [0.29, 0.717) is 6.42 Å². The third kappa shape index (κ3) is 2.58. The van der Waals surface area contributed by atoms with Crippen LogP contribution in [0.25, 0.3) is 0 Å². The van der Waals surface area contributed by atoms with Crippen molar-refractivity contribution in [2.24, 2.45) is 0 Å². The molecule has 1 nitrogen and oxygen atoms in total. The average molecular weight is 211 g/mol. The fraction of sp³-hybridized carbons (Fsp3) is 0.417. The maximum Gasteiger partial charge on any atom is 0.151 e. The first-order chi connectivity index (χ1) is 6.54. The van der Waals surface area contributed by atoms with Crippen LogP contribution in [0.2, 0.25) is 0 Å². The molecular weight excluding hydrogens is 196 g/mol. The summed E-state index contributed by atoms with van der Waals surface area (Å²) in [6.45, 7) is 6.14. The van der Waals surface area contributed by atoms with Crippen LogP contribution in [0.1, 0.15) is 22.3 Å². The van der Waals surface area contributed by atoms with Gasteiger partial charge in [-0.15, -0.1) is 11.6 Å². The molecule has 0 aliphatic rings. The van der Waals surface area contributed by atoms with Crippen molar-refractivity contribution < 1.29 is 4.79 Å². The van der Waals surface area contributed by atoms with Crippen LogP contribution in [-0.2, 0) is 11.2 Å². The Labute approximate surface area is 90.1 Å². The van der Waals surface area contributed by atoms with Gasteiger partial charge in [0.15, 0.2) is 5.78 Å². The lowest BCUT2D eigenvalue weighted by Gasteiger charge is -2.09. The van der Waals surface area contributed by atoms with E-state index in [2.05, 4.69) is 19.1 Å². The molecule has 0 saturated heterocycles. The average Bonchev–Trinajstić information content (AvgIpc) is 2.10. The van der Waals surface area contributed by atoms with Crippen LogP contribution in [0.3, 0.4) is 0 Å². The third-order valence-electron chi connectivity index (χ3n) is 2.36. The van der Waals surface area contributed by atoms with E-state index in [0.717, 1.165) is 5.56 Å². The first-order valence-corrected chi connectivity index (χ1v) is 5.22. The predicted octanol–water partition coefficient (Wildman–Crippen LogP) is 2.96. The minimum absolute atomic E-state index is 0.0849. The molecule has 0 saturated carbocycles. The molecule has 0 heterocycles. The molecule has 0 fully saturated rings. The summed E-state index contributed by atoms with van der Waals surface area (Å²) >= 11 is 5.49. The van der Waals surface area contributed by atoms with E-state index in [1.54, 1.807) is 0 Å². The Balaban J connectivity index is 3.02. The van der Waals surface area contributed by atoms with Crippen LogP contribution in [0.15, 0.2) is 12.1 Å². The van der Waals surface area contributed by atoms with Crippen molar-refractivity contribution in [1.29, 1.82) is 0 Å². The highest BCUT2D eigenvalue weighted by atomic mass is 35.5. The highest BCUT2D eigenvalue weighted by Crippen LogP contribution is 2.17. The molecule has 2 heteroatoms. The van der Waals surface area contributed by atoms with Crippen molar-refractivity contribution in [3.63, 3.8) is 0 Å². The van der Waals surface area contributed by atoms with E-state index in [1.165, 1.54) is 16.7 Å². The Morgan fingerprint density at radius 3 is 2.14 bits per heavy atom. The zero-order valence-corrected chi connectivity index (χ0v) is 9.61. The van der Waals surface area contributed by atoms with Gasteiger partial charge in [0, 0.05) is 6.42 Å². The third-order valence-corrected chi connectivity index (χ3v) is 2.66. The van der Waals surface area contributed by atoms with E-state index in [9.17, 15) is 4.79 Å². The molecule has 0 amide bonds. The molecule has 0 aliphatic carbocycles. The van der Waals surface area contributed by atoms with Gasteiger partial charge < -0.3 is 0 Å². The number of carbonyl (C=O) groups is 1. The Morgan fingerprint density at radius 1 is 1.21 bits per heavy atom. The number of ketones is 1. The SMILES string of the molecule is Cc1cc(C)c(CC(=O)CCl)c(C)c1. The molecule has 0 radical (unpaired) electrons. The topological polar surface area (TPSA) is 17.1 Å². The highest BCUT2D eigenvalue weighted by molar-refractivity contribution is 6.27.